The lowest BCUT2D eigenvalue weighted by molar-refractivity contribution is -0.660. The van der Waals surface area contributed by atoms with Gasteiger partial charge < -0.3 is 0 Å². The summed E-state index contributed by atoms with van der Waals surface area (Å²) in [5.41, 5.74) is 21.3. The number of aromatic nitrogens is 5. The highest BCUT2D eigenvalue weighted by molar-refractivity contribution is 5.66. The molecule has 10 aromatic rings. The van der Waals surface area contributed by atoms with Gasteiger partial charge in [0.15, 0.2) is 31.0 Å². The number of pyridine rings is 5. The maximum Gasteiger partial charge on any atom is 0.215 e. The van der Waals surface area contributed by atoms with E-state index in [0.29, 0.717) is 11.1 Å². The molecule has 0 aliphatic carbocycles. The van der Waals surface area contributed by atoms with Crippen molar-refractivity contribution in [1.29, 1.82) is 0 Å². The lowest BCUT2D eigenvalue weighted by Gasteiger charge is -2.11. The molecule has 81 heavy (non-hydrogen) atoms. The van der Waals surface area contributed by atoms with Crippen molar-refractivity contribution in [1.82, 2.24) is 0 Å². The first-order valence-electron chi connectivity index (χ1n) is 32.9. The fourth-order valence-corrected chi connectivity index (χ4v) is 9.95. The van der Waals surface area contributed by atoms with Gasteiger partial charge in [-0.1, -0.05) is 126 Å². The summed E-state index contributed by atoms with van der Waals surface area (Å²) in [5.74, 6) is -3.29. The molecule has 5 aromatic carbocycles. The van der Waals surface area contributed by atoms with E-state index in [-0.39, 0.29) is 0 Å². The molecule has 5 heteroatoms. The number of nitrogens with zero attached hydrogens (tertiary/aromatic N) is 5. The maximum atomic E-state index is 8.40. The molecule has 10 rings (SSSR count). The van der Waals surface area contributed by atoms with E-state index in [1.165, 1.54) is 58.6 Å². The van der Waals surface area contributed by atoms with Gasteiger partial charge in [-0.05, 0) is 160 Å². The van der Waals surface area contributed by atoms with Crippen LogP contribution in [0.25, 0.3) is 56.3 Å². The molecule has 5 heterocycles. The van der Waals surface area contributed by atoms with Gasteiger partial charge in [-0.3, -0.25) is 0 Å². The summed E-state index contributed by atoms with van der Waals surface area (Å²) in [7, 11) is 9.91. The van der Waals surface area contributed by atoms with Gasteiger partial charge in [0.05, 0.1) is 0 Å². The van der Waals surface area contributed by atoms with Crippen LogP contribution < -0.4 is 22.8 Å². The van der Waals surface area contributed by atoms with E-state index in [1.807, 2.05) is 158 Å². The lowest BCUT2D eigenvalue weighted by Crippen LogP contribution is -2.32. The zero-order valence-electron chi connectivity index (χ0n) is 60.7. The highest BCUT2D eigenvalue weighted by atomic mass is 14.9. The van der Waals surface area contributed by atoms with Crippen molar-refractivity contribution in [3.05, 3.63) is 269 Å². The molecule has 416 valence electrons. The summed E-state index contributed by atoms with van der Waals surface area (Å²) < 4.78 is 88.5. The van der Waals surface area contributed by atoms with Crippen molar-refractivity contribution in [2.24, 2.45) is 35.2 Å². The Balaban J connectivity index is 0.000000182. The molecule has 0 saturated heterocycles. The second-order valence-corrected chi connectivity index (χ2v) is 20.8. The molecular formula is C76H92N5+5. The maximum absolute atomic E-state index is 8.40. The first kappa shape index (κ1) is 48.7. The Morgan fingerprint density at radius 1 is 0.395 bits per heavy atom. The Hall–Kier alpha value is -8.15. The van der Waals surface area contributed by atoms with Crippen molar-refractivity contribution >= 4 is 0 Å². The Morgan fingerprint density at radius 3 is 1.36 bits per heavy atom. The minimum Gasteiger partial charge on any atom is -0.201 e. The minimum absolute atomic E-state index is 0.499. The Labute approximate surface area is 502 Å². The van der Waals surface area contributed by atoms with Crippen LogP contribution in [0.1, 0.15) is 123 Å². The van der Waals surface area contributed by atoms with Crippen LogP contribution in [0.15, 0.2) is 213 Å². The molecule has 0 spiro atoms. The average Bonchev–Trinajstić information content (AvgIpc) is 0.806. The summed E-state index contributed by atoms with van der Waals surface area (Å²) in [6, 6.07) is 60.5. The van der Waals surface area contributed by atoms with E-state index in [9.17, 15) is 0 Å². The van der Waals surface area contributed by atoms with E-state index >= 15 is 0 Å². The lowest BCUT2D eigenvalue weighted by atomic mass is 9.94. The van der Waals surface area contributed by atoms with Crippen molar-refractivity contribution in [3.63, 3.8) is 0 Å². The second-order valence-electron chi connectivity index (χ2n) is 20.8. The molecule has 0 radical (unpaired) electrons. The van der Waals surface area contributed by atoms with Crippen LogP contribution in [-0.2, 0) is 48.0 Å². The van der Waals surface area contributed by atoms with Crippen LogP contribution in [0.2, 0.25) is 0 Å². The highest BCUT2D eigenvalue weighted by Gasteiger charge is 2.20. The fourth-order valence-electron chi connectivity index (χ4n) is 9.95. The number of rotatable bonds is 9. The molecule has 2 atom stereocenters. The minimum atomic E-state index is -2.39. The number of hydrogen-bond donors (Lipinski definition) is 0. The summed E-state index contributed by atoms with van der Waals surface area (Å²) in [6.45, 7) is 14.5. The number of benzene rings is 5. The first-order valence-corrected chi connectivity index (χ1v) is 27.9. The van der Waals surface area contributed by atoms with Crippen LogP contribution in [0.3, 0.4) is 0 Å². The Bertz CT molecular complexity index is 4100. The van der Waals surface area contributed by atoms with Crippen LogP contribution in [0.4, 0.5) is 0 Å². The molecule has 0 fully saturated rings. The van der Waals surface area contributed by atoms with E-state index in [4.69, 9.17) is 13.7 Å². The molecule has 0 aliphatic heterocycles. The zero-order valence-corrected chi connectivity index (χ0v) is 50.7. The SMILES string of the molecule is CCc1ccc(-c2cccc[n+]2C)c(C)c1.Cc1ccc(-c2cccc[n+]2C)c(C)c1.[2H]C([2H])(C)c1ccc[n+](C)c1-c1ccccc1C.[2H]C([2H])([2H])C([2H])(C)c1cc[n+](C)c(-c2ccccc2C)c1.[2H]C([2H])([2H])C([2H])(C)c1ccc[n+](C)c1-c1ccccc1C. The van der Waals surface area contributed by atoms with Crippen molar-refractivity contribution in [2.45, 2.75) is 108 Å². The summed E-state index contributed by atoms with van der Waals surface area (Å²) in [4.78, 5) is 0. The summed E-state index contributed by atoms with van der Waals surface area (Å²) in [5, 5.41) is 0. The fraction of sp³-hybridized carbons (Fsp3) is 0.276. The van der Waals surface area contributed by atoms with E-state index in [1.54, 1.807) is 25.1 Å². The standard InChI is InChI=1S/2C16H20N.2C15H18N.C14H16N/c1-12(2)14-10-7-11-17(4)16(14)15-9-6-5-8-13(15)3;1-12(2)14-9-10-17(4)16(11-14)15-8-6-5-7-13(15)3;1-4-13-9-7-11-16(3)15(13)14-10-6-5-8-12(14)2;1-4-13-8-9-14(12(2)11-13)15-7-5-6-10-16(15)3;1-11-7-8-13(12(2)10-11)14-6-4-5-9-15(14)3/h2*5-12H,1-4H3;2*5-11H,4H2,1-3H3;4-10H,1-3H3/q5*+1/i2*1D3,12D;4D2;;. The molecule has 0 bridgehead atoms. The van der Waals surface area contributed by atoms with Crippen molar-refractivity contribution < 1.29 is 36.5 Å². The molecule has 5 aromatic heterocycles. The largest absolute Gasteiger partial charge is 0.215 e. The topological polar surface area (TPSA) is 19.4 Å². The molecular weight excluding hydrogens is 983 g/mol. The van der Waals surface area contributed by atoms with Gasteiger partial charge in [0, 0.05) is 101 Å². The number of aryl methyl sites for hydroxylation is 13. The monoisotopic (exact) mass is 1080 g/mol. The Morgan fingerprint density at radius 2 is 0.852 bits per heavy atom. The van der Waals surface area contributed by atoms with E-state index < -0.39 is 31.9 Å². The predicted molar refractivity (Wildman–Crippen MR) is 341 cm³/mol. The molecule has 0 N–H and O–H groups in total. The third kappa shape index (κ3) is 16.5. The molecule has 0 aliphatic rings. The zero-order chi connectivity index (χ0) is 67.4. The van der Waals surface area contributed by atoms with Crippen LogP contribution in [0.5, 0.6) is 0 Å². The van der Waals surface area contributed by atoms with Gasteiger partial charge in [0.25, 0.3) is 0 Å². The van der Waals surface area contributed by atoms with Crippen LogP contribution in [-0.4, -0.2) is 0 Å². The van der Waals surface area contributed by atoms with Crippen molar-refractivity contribution in [2.75, 3.05) is 0 Å². The molecule has 2 unspecified atom stereocenters. The van der Waals surface area contributed by atoms with Gasteiger partial charge in [-0.2, -0.15) is 0 Å². The summed E-state index contributed by atoms with van der Waals surface area (Å²) >= 11 is 0. The quantitative estimate of drug-likeness (QED) is 0.128. The average molecular weight is 1090 g/mol. The Kier molecular flexibility index (Phi) is 18.0. The van der Waals surface area contributed by atoms with Crippen LogP contribution in [0, 0.1) is 41.5 Å². The van der Waals surface area contributed by atoms with Gasteiger partial charge in [0.2, 0.25) is 28.5 Å². The summed E-state index contributed by atoms with van der Waals surface area (Å²) in [6.07, 6.45) is 9.56. The number of hydrogen-bond acceptors (Lipinski definition) is 0. The van der Waals surface area contributed by atoms with Crippen molar-refractivity contribution in [3.8, 4) is 56.3 Å². The van der Waals surface area contributed by atoms with E-state index in [0.717, 1.165) is 62.4 Å². The van der Waals surface area contributed by atoms with Gasteiger partial charge in [-0.25, -0.2) is 22.8 Å². The molecule has 0 saturated carbocycles. The second kappa shape index (κ2) is 29.9. The highest BCUT2D eigenvalue weighted by Crippen LogP contribution is 2.29. The van der Waals surface area contributed by atoms with Gasteiger partial charge in [0.1, 0.15) is 35.2 Å². The molecule has 0 amide bonds. The third-order valence-electron chi connectivity index (χ3n) is 14.6. The smallest absolute Gasteiger partial charge is 0.201 e. The van der Waals surface area contributed by atoms with Crippen LogP contribution >= 0.6 is 0 Å². The van der Waals surface area contributed by atoms with Gasteiger partial charge >= 0.3 is 0 Å². The predicted octanol–water partition coefficient (Wildman–Crippen LogP) is 16.1. The molecule has 5 nitrogen and oxygen atoms in total. The first-order chi connectivity index (χ1) is 42.6. The van der Waals surface area contributed by atoms with E-state index in [2.05, 4.69) is 143 Å². The normalized spacial score (nSPS) is 14.4. The third-order valence-corrected chi connectivity index (χ3v) is 14.6. The van der Waals surface area contributed by atoms with Gasteiger partial charge in [-0.15, -0.1) is 0 Å².